The molecule has 0 radical (unpaired) electrons. The van der Waals surface area contributed by atoms with Crippen molar-refractivity contribution in [2.45, 2.75) is 11.6 Å². The molecule has 180 valence electrons. The number of methoxy groups -OCH3 is 1. The van der Waals surface area contributed by atoms with E-state index < -0.39 is 11.2 Å². The number of hydrogen-bond acceptors (Lipinski definition) is 7. The van der Waals surface area contributed by atoms with Crippen molar-refractivity contribution >= 4 is 40.3 Å². The number of aryl methyl sites for hydroxylation is 1. The van der Waals surface area contributed by atoms with Gasteiger partial charge in [0, 0.05) is 31.2 Å². The second-order valence-electron chi connectivity index (χ2n) is 7.64. The van der Waals surface area contributed by atoms with Gasteiger partial charge in [-0.3, -0.25) is 18.7 Å². The number of rotatable bonds is 7. The first kappa shape index (κ1) is 24.5. The van der Waals surface area contributed by atoms with Gasteiger partial charge in [-0.1, -0.05) is 41.6 Å². The molecule has 0 saturated heterocycles. The molecule has 0 saturated carbocycles. The maximum absolute atomic E-state index is 13.0. The lowest BCUT2D eigenvalue weighted by Crippen LogP contribution is -2.37. The van der Waals surface area contributed by atoms with Crippen LogP contribution in [0.4, 0.5) is 0 Å². The van der Waals surface area contributed by atoms with Gasteiger partial charge in [0.2, 0.25) is 5.91 Å². The lowest BCUT2D eigenvalue weighted by atomic mass is 10.2. The average Bonchev–Trinajstić information content (AvgIpc) is 2.88. The molecular weight excluding hydrogens is 490 g/mol. The van der Waals surface area contributed by atoms with Crippen molar-refractivity contribution in [3.8, 4) is 17.1 Å². The molecule has 4 rings (SSSR count). The Labute approximate surface area is 209 Å². The van der Waals surface area contributed by atoms with Gasteiger partial charge in [-0.25, -0.2) is 14.8 Å². The van der Waals surface area contributed by atoms with Crippen LogP contribution in [0.1, 0.15) is 5.56 Å². The van der Waals surface area contributed by atoms with Gasteiger partial charge in [0.15, 0.2) is 11.5 Å². The summed E-state index contributed by atoms with van der Waals surface area (Å²) in [5.74, 6) is 0.738. The Bertz CT molecular complexity index is 1530. The molecular formula is C24H22ClN5O4S. The summed E-state index contributed by atoms with van der Waals surface area (Å²) in [6, 6.07) is 14.3. The molecule has 35 heavy (non-hydrogen) atoms. The SMILES string of the molecule is COc1ccc(-c2nc(SCC(=O)NCc3ccccc3Cl)c3c(=O)n(C)c(=O)n(C)c3n2)cc1. The van der Waals surface area contributed by atoms with Crippen LogP contribution in [0.3, 0.4) is 0 Å². The molecule has 2 aromatic carbocycles. The highest BCUT2D eigenvalue weighted by molar-refractivity contribution is 8.00. The molecule has 2 aromatic heterocycles. The van der Waals surface area contributed by atoms with Crippen LogP contribution in [0.15, 0.2) is 63.1 Å². The number of amides is 1. The van der Waals surface area contributed by atoms with Crippen LogP contribution in [0.5, 0.6) is 5.75 Å². The van der Waals surface area contributed by atoms with Gasteiger partial charge in [-0.15, -0.1) is 0 Å². The summed E-state index contributed by atoms with van der Waals surface area (Å²) in [4.78, 5) is 47.2. The van der Waals surface area contributed by atoms with Crippen LogP contribution in [0.2, 0.25) is 5.02 Å². The summed E-state index contributed by atoms with van der Waals surface area (Å²) in [5, 5.41) is 3.88. The van der Waals surface area contributed by atoms with Crippen molar-refractivity contribution in [1.82, 2.24) is 24.4 Å². The Hall–Kier alpha value is -3.63. The van der Waals surface area contributed by atoms with E-state index in [1.54, 1.807) is 44.5 Å². The number of fused-ring (bicyclic) bond motifs is 1. The van der Waals surface area contributed by atoms with Crippen molar-refractivity contribution in [1.29, 1.82) is 0 Å². The summed E-state index contributed by atoms with van der Waals surface area (Å²) < 4.78 is 7.50. The Morgan fingerprint density at radius 3 is 2.46 bits per heavy atom. The number of carbonyl (C=O) groups excluding carboxylic acids is 1. The van der Waals surface area contributed by atoms with Crippen LogP contribution in [0.25, 0.3) is 22.4 Å². The molecule has 0 atom stereocenters. The summed E-state index contributed by atoms with van der Waals surface area (Å²) in [7, 11) is 4.50. The van der Waals surface area contributed by atoms with E-state index in [9.17, 15) is 14.4 Å². The van der Waals surface area contributed by atoms with Crippen molar-refractivity contribution in [3.05, 3.63) is 80.0 Å². The first-order valence-corrected chi connectivity index (χ1v) is 11.9. The highest BCUT2D eigenvalue weighted by Gasteiger charge is 2.19. The predicted octanol–water partition coefficient (Wildman–Crippen LogP) is 2.76. The third kappa shape index (κ3) is 5.08. The lowest BCUT2D eigenvalue weighted by molar-refractivity contribution is -0.118. The fraction of sp³-hybridized carbons (Fsp3) is 0.208. The van der Waals surface area contributed by atoms with E-state index in [2.05, 4.69) is 15.3 Å². The van der Waals surface area contributed by atoms with Gasteiger partial charge < -0.3 is 10.1 Å². The van der Waals surface area contributed by atoms with E-state index in [0.717, 1.165) is 21.9 Å². The molecule has 0 unspecified atom stereocenters. The Balaban J connectivity index is 1.69. The predicted molar refractivity (Wildman–Crippen MR) is 136 cm³/mol. The number of aromatic nitrogens is 4. The summed E-state index contributed by atoms with van der Waals surface area (Å²) >= 11 is 7.26. The molecule has 0 aliphatic heterocycles. The third-order valence-electron chi connectivity index (χ3n) is 5.39. The quantitative estimate of drug-likeness (QED) is 0.300. The topological polar surface area (TPSA) is 108 Å². The maximum Gasteiger partial charge on any atom is 0.332 e. The Morgan fingerprint density at radius 2 is 1.77 bits per heavy atom. The van der Waals surface area contributed by atoms with Crippen LogP contribution < -0.4 is 21.3 Å². The smallest absolute Gasteiger partial charge is 0.332 e. The van der Waals surface area contributed by atoms with Crippen LogP contribution in [-0.2, 0) is 25.4 Å². The standard InChI is InChI=1S/C24H22ClN5O4S/c1-29-21-19(23(32)30(2)24(29)33)22(28-20(27-21)14-8-10-16(34-3)11-9-14)35-13-18(31)26-12-15-6-4-5-7-17(15)25/h4-11H,12-13H2,1-3H3,(H,26,31). The minimum absolute atomic E-state index is 0.00458. The highest BCUT2D eigenvalue weighted by Crippen LogP contribution is 2.27. The molecule has 4 aromatic rings. The first-order chi connectivity index (χ1) is 16.8. The molecule has 1 N–H and O–H groups in total. The van der Waals surface area contributed by atoms with Crippen LogP contribution in [-0.4, -0.2) is 37.9 Å². The highest BCUT2D eigenvalue weighted by atomic mass is 35.5. The number of benzene rings is 2. The zero-order valence-corrected chi connectivity index (χ0v) is 20.8. The van der Waals surface area contributed by atoms with Crippen LogP contribution in [0, 0.1) is 0 Å². The molecule has 0 bridgehead atoms. The van der Waals surface area contributed by atoms with Crippen molar-refractivity contribution in [2.75, 3.05) is 12.9 Å². The molecule has 0 spiro atoms. The second kappa shape index (κ2) is 10.3. The average molecular weight is 512 g/mol. The van der Waals surface area contributed by atoms with Crippen molar-refractivity contribution < 1.29 is 9.53 Å². The number of thioether (sulfide) groups is 1. The monoisotopic (exact) mass is 511 g/mol. The number of ether oxygens (including phenoxy) is 1. The number of nitrogens with zero attached hydrogens (tertiary/aromatic N) is 4. The summed E-state index contributed by atoms with van der Waals surface area (Å²) in [6.07, 6.45) is 0. The Morgan fingerprint density at radius 1 is 1.06 bits per heavy atom. The van der Waals surface area contributed by atoms with E-state index in [0.29, 0.717) is 27.2 Å². The van der Waals surface area contributed by atoms with Crippen molar-refractivity contribution in [2.24, 2.45) is 14.1 Å². The zero-order chi connectivity index (χ0) is 25.1. The van der Waals surface area contributed by atoms with E-state index in [-0.39, 0.29) is 29.2 Å². The molecule has 1 amide bonds. The van der Waals surface area contributed by atoms with E-state index in [4.69, 9.17) is 16.3 Å². The van der Waals surface area contributed by atoms with Gasteiger partial charge in [0.25, 0.3) is 5.56 Å². The van der Waals surface area contributed by atoms with E-state index in [1.807, 2.05) is 18.2 Å². The zero-order valence-electron chi connectivity index (χ0n) is 19.2. The van der Waals surface area contributed by atoms with Crippen molar-refractivity contribution in [3.63, 3.8) is 0 Å². The van der Waals surface area contributed by atoms with E-state index in [1.165, 1.54) is 11.6 Å². The minimum atomic E-state index is -0.525. The van der Waals surface area contributed by atoms with Gasteiger partial charge in [0.05, 0.1) is 12.9 Å². The minimum Gasteiger partial charge on any atom is -0.497 e. The second-order valence-corrected chi connectivity index (χ2v) is 9.01. The fourth-order valence-electron chi connectivity index (χ4n) is 3.42. The molecule has 11 heteroatoms. The number of hydrogen-bond donors (Lipinski definition) is 1. The number of nitrogens with one attached hydrogen (secondary N) is 1. The lowest BCUT2D eigenvalue weighted by Gasteiger charge is -2.12. The largest absolute Gasteiger partial charge is 0.497 e. The summed E-state index contributed by atoms with van der Waals surface area (Å²) in [6.45, 7) is 0.275. The molecule has 0 aliphatic carbocycles. The Kier molecular flexibility index (Phi) is 7.23. The van der Waals surface area contributed by atoms with Gasteiger partial charge in [-0.2, -0.15) is 0 Å². The van der Waals surface area contributed by atoms with Gasteiger partial charge in [0.1, 0.15) is 16.2 Å². The van der Waals surface area contributed by atoms with Gasteiger partial charge >= 0.3 is 5.69 Å². The molecule has 0 aliphatic rings. The molecule has 9 nitrogen and oxygen atoms in total. The third-order valence-corrected chi connectivity index (χ3v) is 6.73. The first-order valence-electron chi connectivity index (χ1n) is 10.5. The molecule has 2 heterocycles. The normalized spacial score (nSPS) is 11.0. The summed E-state index contributed by atoms with van der Waals surface area (Å²) in [5.41, 5.74) is 0.632. The van der Waals surface area contributed by atoms with Gasteiger partial charge in [-0.05, 0) is 35.9 Å². The number of halogens is 1. The fourth-order valence-corrected chi connectivity index (χ4v) is 4.47. The number of carbonyl (C=O) groups is 1. The maximum atomic E-state index is 13.0. The molecule has 0 fully saturated rings. The van der Waals surface area contributed by atoms with Crippen LogP contribution >= 0.6 is 23.4 Å². The van der Waals surface area contributed by atoms with E-state index >= 15 is 0 Å².